The van der Waals surface area contributed by atoms with Gasteiger partial charge in [-0.3, -0.25) is 9.59 Å². The largest absolute Gasteiger partial charge is 0.356 e. The van der Waals surface area contributed by atoms with Crippen molar-refractivity contribution in [2.24, 2.45) is 5.92 Å². The van der Waals surface area contributed by atoms with E-state index in [9.17, 15) is 9.59 Å². The van der Waals surface area contributed by atoms with Crippen molar-refractivity contribution in [1.82, 2.24) is 20.2 Å². The zero-order valence-corrected chi connectivity index (χ0v) is 15.0. The van der Waals surface area contributed by atoms with Crippen LogP contribution in [-0.4, -0.2) is 34.1 Å². The molecule has 0 saturated carbocycles. The molecule has 1 aromatic carbocycles. The summed E-state index contributed by atoms with van der Waals surface area (Å²) in [6.45, 7) is 5.35. The van der Waals surface area contributed by atoms with E-state index in [4.69, 9.17) is 4.74 Å². The highest BCUT2D eigenvalue weighted by atomic mass is 16.5. The summed E-state index contributed by atoms with van der Waals surface area (Å²) in [5.41, 5.74) is 1.77. The highest BCUT2D eigenvalue weighted by Gasteiger charge is 2.35. The topological polar surface area (TPSA) is 85.2 Å². The van der Waals surface area contributed by atoms with Crippen molar-refractivity contribution in [3.63, 3.8) is 0 Å². The Hall–Kier alpha value is -2.67. The van der Waals surface area contributed by atoms with E-state index in [2.05, 4.69) is 29.5 Å². The first-order valence-corrected chi connectivity index (χ1v) is 8.77. The summed E-state index contributed by atoms with van der Waals surface area (Å²) in [6.07, 6.45) is 2.75. The number of rotatable bonds is 6. The van der Waals surface area contributed by atoms with E-state index < -0.39 is 12.1 Å². The number of carbonyl (C=O) groups excluding carboxylic acids is 2. The molecular formula is C19H24N4O3. The minimum Gasteiger partial charge on any atom is -0.356 e. The molecule has 1 aliphatic heterocycles. The van der Waals surface area contributed by atoms with Crippen LogP contribution in [0.4, 0.5) is 0 Å². The standard InChI is InChI=1S/C19H24N4O3/c1-13(2)10-23-12-20-8-15(23)9-21-19(25)18-17(22-16(24)11-26-18)14-6-4-3-5-7-14/h3-8,12-13,17-18H,9-11H2,1-2H3,(H,21,25)(H,22,24)/t17-,18+/m1/s1. The lowest BCUT2D eigenvalue weighted by atomic mass is 9.99. The summed E-state index contributed by atoms with van der Waals surface area (Å²) in [5.74, 6) is 0.00654. The van der Waals surface area contributed by atoms with Crippen molar-refractivity contribution in [2.45, 2.75) is 39.1 Å². The van der Waals surface area contributed by atoms with Crippen LogP contribution in [0.25, 0.3) is 0 Å². The lowest BCUT2D eigenvalue weighted by Gasteiger charge is -2.31. The fourth-order valence-corrected chi connectivity index (χ4v) is 3.03. The van der Waals surface area contributed by atoms with E-state index in [1.165, 1.54) is 0 Å². The van der Waals surface area contributed by atoms with Crippen LogP contribution in [0.5, 0.6) is 0 Å². The normalized spacial score (nSPS) is 20.0. The lowest BCUT2D eigenvalue weighted by Crippen LogP contribution is -2.52. The first-order chi connectivity index (χ1) is 12.5. The number of ether oxygens (including phenoxy) is 1. The molecule has 2 aromatic rings. The van der Waals surface area contributed by atoms with Crippen molar-refractivity contribution in [3.05, 3.63) is 54.1 Å². The molecule has 0 radical (unpaired) electrons. The second-order valence-electron chi connectivity index (χ2n) is 6.84. The molecule has 26 heavy (non-hydrogen) atoms. The van der Waals surface area contributed by atoms with Gasteiger partial charge in [-0.15, -0.1) is 0 Å². The molecule has 0 bridgehead atoms. The smallest absolute Gasteiger partial charge is 0.251 e. The van der Waals surface area contributed by atoms with Crippen molar-refractivity contribution >= 4 is 11.8 Å². The number of benzene rings is 1. The Bertz CT molecular complexity index is 757. The fourth-order valence-electron chi connectivity index (χ4n) is 3.03. The average molecular weight is 356 g/mol. The van der Waals surface area contributed by atoms with Gasteiger partial charge in [0.2, 0.25) is 5.91 Å². The van der Waals surface area contributed by atoms with Gasteiger partial charge in [-0.1, -0.05) is 44.2 Å². The molecule has 2 heterocycles. The van der Waals surface area contributed by atoms with Crippen LogP contribution in [0.15, 0.2) is 42.9 Å². The van der Waals surface area contributed by atoms with Crippen molar-refractivity contribution in [3.8, 4) is 0 Å². The molecule has 1 aromatic heterocycles. The molecule has 3 rings (SSSR count). The van der Waals surface area contributed by atoms with E-state index in [0.717, 1.165) is 17.8 Å². The van der Waals surface area contributed by atoms with Crippen LogP contribution in [0.2, 0.25) is 0 Å². The molecular weight excluding hydrogens is 332 g/mol. The number of carbonyl (C=O) groups is 2. The number of morpholine rings is 1. The van der Waals surface area contributed by atoms with Crippen LogP contribution in [-0.2, 0) is 27.4 Å². The minimum absolute atomic E-state index is 0.118. The third kappa shape index (κ3) is 4.29. The molecule has 2 N–H and O–H groups in total. The fraction of sp³-hybridized carbons (Fsp3) is 0.421. The van der Waals surface area contributed by atoms with Gasteiger partial charge in [0, 0.05) is 12.7 Å². The zero-order chi connectivity index (χ0) is 18.5. The van der Waals surface area contributed by atoms with Gasteiger partial charge in [0.05, 0.1) is 24.6 Å². The molecule has 0 spiro atoms. The number of aromatic nitrogens is 2. The maximum Gasteiger partial charge on any atom is 0.251 e. The summed E-state index contributed by atoms with van der Waals surface area (Å²) >= 11 is 0. The quantitative estimate of drug-likeness (QED) is 0.820. The predicted octanol–water partition coefficient (Wildman–Crippen LogP) is 1.41. The van der Waals surface area contributed by atoms with E-state index >= 15 is 0 Å². The molecule has 0 aliphatic carbocycles. The Labute approximate surface area is 152 Å². The second-order valence-corrected chi connectivity index (χ2v) is 6.84. The molecule has 2 amide bonds. The monoisotopic (exact) mass is 356 g/mol. The number of hydrogen-bond donors (Lipinski definition) is 2. The van der Waals surface area contributed by atoms with Gasteiger partial charge in [-0.2, -0.15) is 0 Å². The van der Waals surface area contributed by atoms with Crippen molar-refractivity contribution in [1.29, 1.82) is 0 Å². The summed E-state index contributed by atoms with van der Waals surface area (Å²) < 4.78 is 7.57. The molecule has 1 saturated heterocycles. The number of hydrogen-bond acceptors (Lipinski definition) is 4. The summed E-state index contributed by atoms with van der Waals surface area (Å²) in [4.78, 5) is 28.6. The van der Waals surface area contributed by atoms with E-state index in [-0.39, 0.29) is 18.4 Å². The van der Waals surface area contributed by atoms with Crippen molar-refractivity contribution < 1.29 is 14.3 Å². The average Bonchev–Trinajstić information content (AvgIpc) is 3.06. The summed E-state index contributed by atoms with van der Waals surface area (Å²) in [6, 6.07) is 8.87. The van der Waals surface area contributed by atoms with Gasteiger partial charge < -0.3 is 19.9 Å². The molecule has 138 valence electrons. The Morgan fingerprint density at radius 2 is 2.15 bits per heavy atom. The maximum absolute atomic E-state index is 12.7. The summed E-state index contributed by atoms with van der Waals surface area (Å²) in [5, 5.41) is 5.76. The number of nitrogens with zero attached hydrogens (tertiary/aromatic N) is 2. The number of imidazole rings is 1. The van der Waals surface area contributed by atoms with Gasteiger partial charge in [-0.05, 0) is 11.5 Å². The first kappa shape index (κ1) is 18.1. The van der Waals surface area contributed by atoms with E-state index in [0.29, 0.717) is 12.5 Å². The third-order valence-corrected chi connectivity index (χ3v) is 4.23. The minimum atomic E-state index is -0.767. The van der Waals surface area contributed by atoms with E-state index in [1.54, 1.807) is 12.5 Å². The summed E-state index contributed by atoms with van der Waals surface area (Å²) in [7, 11) is 0. The second kappa shape index (κ2) is 8.14. The predicted molar refractivity (Wildman–Crippen MR) is 96.0 cm³/mol. The van der Waals surface area contributed by atoms with Crippen LogP contribution in [0, 0.1) is 5.92 Å². The van der Waals surface area contributed by atoms with Crippen LogP contribution >= 0.6 is 0 Å². The number of nitrogens with one attached hydrogen (secondary N) is 2. The Morgan fingerprint density at radius 1 is 1.38 bits per heavy atom. The molecule has 7 heteroatoms. The highest BCUT2D eigenvalue weighted by molar-refractivity contribution is 5.86. The Morgan fingerprint density at radius 3 is 2.88 bits per heavy atom. The highest BCUT2D eigenvalue weighted by Crippen LogP contribution is 2.22. The third-order valence-electron chi connectivity index (χ3n) is 4.23. The van der Waals surface area contributed by atoms with Gasteiger partial charge >= 0.3 is 0 Å². The van der Waals surface area contributed by atoms with Crippen LogP contribution in [0.1, 0.15) is 31.1 Å². The van der Waals surface area contributed by atoms with Gasteiger partial charge in [0.25, 0.3) is 5.91 Å². The molecule has 7 nitrogen and oxygen atoms in total. The van der Waals surface area contributed by atoms with E-state index in [1.807, 2.05) is 34.9 Å². The van der Waals surface area contributed by atoms with Crippen LogP contribution < -0.4 is 10.6 Å². The molecule has 1 fully saturated rings. The molecule has 1 aliphatic rings. The lowest BCUT2D eigenvalue weighted by molar-refractivity contribution is -0.148. The Balaban J connectivity index is 1.68. The van der Waals surface area contributed by atoms with Crippen molar-refractivity contribution in [2.75, 3.05) is 6.61 Å². The zero-order valence-electron chi connectivity index (χ0n) is 15.0. The maximum atomic E-state index is 12.7. The van der Waals surface area contributed by atoms with Gasteiger partial charge in [0.1, 0.15) is 6.61 Å². The Kier molecular flexibility index (Phi) is 5.68. The molecule has 0 unspecified atom stereocenters. The van der Waals surface area contributed by atoms with Gasteiger partial charge in [-0.25, -0.2) is 4.98 Å². The molecule has 2 atom stereocenters. The number of amides is 2. The van der Waals surface area contributed by atoms with Gasteiger partial charge in [0.15, 0.2) is 6.10 Å². The SMILES string of the molecule is CC(C)Cn1cncc1CNC(=O)[C@H]1OCC(=O)N[C@@H]1c1ccccc1. The van der Waals surface area contributed by atoms with Crippen LogP contribution in [0.3, 0.4) is 0 Å². The first-order valence-electron chi connectivity index (χ1n) is 8.77.